The highest BCUT2D eigenvalue weighted by atomic mass is 16.5. The molecule has 1 N–H and O–H groups in total. The number of rotatable bonds is 6. The van der Waals surface area contributed by atoms with Crippen molar-refractivity contribution in [3.63, 3.8) is 0 Å². The molecule has 0 radical (unpaired) electrons. The van der Waals surface area contributed by atoms with Gasteiger partial charge in [0, 0.05) is 12.5 Å². The van der Waals surface area contributed by atoms with Gasteiger partial charge in [-0.05, 0) is 32.6 Å². The predicted molar refractivity (Wildman–Crippen MR) is 73.2 cm³/mol. The summed E-state index contributed by atoms with van der Waals surface area (Å²) in [7, 11) is 0. The smallest absolute Gasteiger partial charge is 0.221 e. The molecule has 0 unspecified atom stereocenters. The van der Waals surface area contributed by atoms with Crippen LogP contribution >= 0.6 is 0 Å². The Hall–Kier alpha value is -1.32. The molecule has 1 aromatic rings. The van der Waals surface area contributed by atoms with Crippen molar-refractivity contribution < 1.29 is 4.74 Å². The molecule has 2 rings (SSSR count). The van der Waals surface area contributed by atoms with Crippen molar-refractivity contribution >= 4 is 5.82 Å². The van der Waals surface area contributed by atoms with Crippen molar-refractivity contribution in [3.8, 4) is 5.88 Å². The topological polar surface area (TPSA) is 47.0 Å². The van der Waals surface area contributed by atoms with Gasteiger partial charge < -0.3 is 10.1 Å². The van der Waals surface area contributed by atoms with Crippen LogP contribution in [0.1, 0.15) is 50.9 Å². The molecule has 0 bridgehead atoms. The molecule has 18 heavy (non-hydrogen) atoms. The SMILES string of the molecule is CCNc1nc(C(C)C)nc(OCC2CC2)c1C. The highest BCUT2D eigenvalue weighted by Crippen LogP contribution is 2.31. The van der Waals surface area contributed by atoms with E-state index in [0.29, 0.717) is 5.92 Å². The maximum Gasteiger partial charge on any atom is 0.221 e. The van der Waals surface area contributed by atoms with E-state index in [1.807, 2.05) is 6.92 Å². The lowest BCUT2D eigenvalue weighted by molar-refractivity contribution is 0.284. The normalized spacial score (nSPS) is 14.9. The standard InChI is InChI=1S/C14H23N3O/c1-5-15-13-10(4)14(18-8-11-6-7-11)17-12(16-13)9(2)3/h9,11H,5-8H2,1-4H3,(H,15,16,17). The van der Waals surface area contributed by atoms with Crippen LogP contribution in [-0.4, -0.2) is 23.1 Å². The van der Waals surface area contributed by atoms with Crippen LogP contribution in [-0.2, 0) is 0 Å². The van der Waals surface area contributed by atoms with Crippen LogP contribution in [0, 0.1) is 12.8 Å². The Labute approximate surface area is 109 Å². The van der Waals surface area contributed by atoms with E-state index in [0.717, 1.165) is 42.2 Å². The number of nitrogens with one attached hydrogen (secondary N) is 1. The van der Waals surface area contributed by atoms with Gasteiger partial charge >= 0.3 is 0 Å². The Kier molecular flexibility index (Phi) is 4.04. The zero-order valence-electron chi connectivity index (χ0n) is 11.8. The van der Waals surface area contributed by atoms with Crippen molar-refractivity contribution in [2.24, 2.45) is 5.92 Å². The Morgan fingerprint density at radius 2 is 2.06 bits per heavy atom. The van der Waals surface area contributed by atoms with Crippen molar-refractivity contribution in [1.82, 2.24) is 9.97 Å². The highest BCUT2D eigenvalue weighted by molar-refractivity contribution is 5.48. The summed E-state index contributed by atoms with van der Waals surface area (Å²) in [6, 6.07) is 0. The molecule has 1 heterocycles. The Morgan fingerprint density at radius 1 is 1.33 bits per heavy atom. The number of nitrogens with zero attached hydrogens (tertiary/aromatic N) is 2. The van der Waals surface area contributed by atoms with Gasteiger partial charge in [0.2, 0.25) is 5.88 Å². The number of ether oxygens (including phenoxy) is 1. The summed E-state index contributed by atoms with van der Waals surface area (Å²) in [5, 5.41) is 3.28. The van der Waals surface area contributed by atoms with Gasteiger partial charge in [-0.2, -0.15) is 4.98 Å². The van der Waals surface area contributed by atoms with Crippen LogP contribution in [0.15, 0.2) is 0 Å². The lowest BCUT2D eigenvalue weighted by atomic mass is 10.2. The fourth-order valence-electron chi connectivity index (χ4n) is 1.73. The van der Waals surface area contributed by atoms with E-state index in [-0.39, 0.29) is 0 Å². The molecule has 0 atom stereocenters. The summed E-state index contributed by atoms with van der Waals surface area (Å²) in [5.74, 6) is 3.55. The van der Waals surface area contributed by atoms with Gasteiger partial charge in [-0.3, -0.25) is 0 Å². The predicted octanol–water partition coefficient (Wildman–Crippen LogP) is 3.13. The Morgan fingerprint density at radius 3 is 2.61 bits per heavy atom. The number of hydrogen-bond acceptors (Lipinski definition) is 4. The molecule has 1 aliphatic rings. The Balaban J connectivity index is 2.22. The monoisotopic (exact) mass is 249 g/mol. The largest absolute Gasteiger partial charge is 0.477 e. The third kappa shape index (κ3) is 3.12. The second-order valence-corrected chi connectivity index (χ2v) is 5.30. The molecule has 1 aromatic heterocycles. The molecular weight excluding hydrogens is 226 g/mol. The molecule has 0 saturated heterocycles. The number of anilines is 1. The van der Waals surface area contributed by atoms with E-state index >= 15 is 0 Å². The van der Waals surface area contributed by atoms with E-state index in [1.165, 1.54) is 12.8 Å². The van der Waals surface area contributed by atoms with Crippen LogP contribution in [0.25, 0.3) is 0 Å². The summed E-state index contributed by atoms with van der Waals surface area (Å²) in [6.45, 7) is 9.94. The summed E-state index contributed by atoms with van der Waals surface area (Å²) >= 11 is 0. The fourth-order valence-corrected chi connectivity index (χ4v) is 1.73. The van der Waals surface area contributed by atoms with Gasteiger partial charge in [0.05, 0.1) is 12.2 Å². The van der Waals surface area contributed by atoms with Gasteiger partial charge in [0.1, 0.15) is 11.6 Å². The molecule has 0 amide bonds. The quantitative estimate of drug-likeness (QED) is 0.841. The van der Waals surface area contributed by atoms with Crippen LogP contribution in [0.2, 0.25) is 0 Å². The third-order valence-corrected chi connectivity index (χ3v) is 3.13. The molecule has 1 fully saturated rings. The summed E-state index contributed by atoms with van der Waals surface area (Å²) < 4.78 is 5.85. The average Bonchev–Trinajstić information content (AvgIpc) is 3.14. The number of hydrogen-bond donors (Lipinski definition) is 1. The van der Waals surface area contributed by atoms with Crippen LogP contribution in [0.5, 0.6) is 5.88 Å². The van der Waals surface area contributed by atoms with E-state index in [9.17, 15) is 0 Å². The first-order chi connectivity index (χ1) is 8.61. The molecule has 100 valence electrons. The van der Waals surface area contributed by atoms with E-state index < -0.39 is 0 Å². The Bertz CT molecular complexity index is 414. The van der Waals surface area contributed by atoms with E-state index in [2.05, 4.69) is 36.1 Å². The molecule has 1 aliphatic carbocycles. The van der Waals surface area contributed by atoms with Gasteiger partial charge in [0.15, 0.2) is 0 Å². The molecule has 4 nitrogen and oxygen atoms in total. The average molecular weight is 249 g/mol. The first-order valence-electron chi connectivity index (χ1n) is 6.87. The van der Waals surface area contributed by atoms with Gasteiger partial charge in [-0.15, -0.1) is 0 Å². The maximum atomic E-state index is 5.85. The highest BCUT2D eigenvalue weighted by Gasteiger charge is 2.23. The third-order valence-electron chi connectivity index (χ3n) is 3.13. The van der Waals surface area contributed by atoms with Crippen molar-refractivity contribution in [3.05, 3.63) is 11.4 Å². The molecular formula is C14H23N3O. The minimum atomic E-state index is 0.311. The second kappa shape index (κ2) is 5.55. The lowest BCUT2D eigenvalue weighted by Gasteiger charge is -2.15. The van der Waals surface area contributed by atoms with Crippen LogP contribution in [0.4, 0.5) is 5.82 Å². The lowest BCUT2D eigenvalue weighted by Crippen LogP contribution is -2.11. The van der Waals surface area contributed by atoms with E-state index in [1.54, 1.807) is 0 Å². The minimum absolute atomic E-state index is 0.311. The summed E-state index contributed by atoms with van der Waals surface area (Å²) in [6.07, 6.45) is 2.59. The van der Waals surface area contributed by atoms with Crippen molar-refractivity contribution in [2.75, 3.05) is 18.5 Å². The van der Waals surface area contributed by atoms with Crippen LogP contribution in [0.3, 0.4) is 0 Å². The maximum absolute atomic E-state index is 5.85. The summed E-state index contributed by atoms with van der Waals surface area (Å²) in [4.78, 5) is 9.10. The zero-order chi connectivity index (χ0) is 13.1. The zero-order valence-corrected chi connectivity index (χ0v) is 11.8. The van der Waals surface area contributed by atoms with E-state index in [4.69, 9.17) is 4.74 Å². The molecule has 1 saturated carbocycles. The van der Waals surface area contributed by atoms with Gasteiger partial charge in [0.25, 0.3) is 0 Å². The number of aromatic nitrogens is 2. The van der Waals surface area contributed by atoms with Crippen molar-refractivity contribution in [1.29, 1.82) is 0 Å². The van der Waals surface area contributed by atoms with Gasteiger partial charge in [-0.25, -0.2) is 4.98 Å². The fraction of sp³-hybridized carbons (Fsp3) is 0.714. The molecule has 0 aromatic carbocycles. The van der Waals surface area contributed by atoms with Gasteiger partial charge in [-0.1, -0.05) is 13.8 Å². The first-order valence-corrected chi connectivity index (χ1v) is 6.87. The molecule has 0 spiro atoms. The van der Waals surface area contributed by atoms with Crippen molar-refractivity contribution in [2.45, 2.75) is 46.5 Å². The molecule has 4 heteroatoms. The minimum Gasteiger partial charge on any atom is -0.477 e. The van der Waals surface area contributed by atoms with Crippen LogP contribution < -0.4 is 10.1 Å². The summed E-state index contributed by atoms with van der Waals surface area (Å²) in [5.41, 5.74) is 1.02. The second-order valence-electron chi connectivity index (χ2n) is 5.30. The first kappa shape index (κ1) is 13.1. The molecule has 0 aliphatic heterocycles.